The SMILES string of the molecule is Cc1sc2nc([C@H](C)N(C)Cc3ccccc3Cl)[nH]c(=O)c2c1C. The predicted molar refractivity (Wildman–Crippen MR) is 101 cm³/mol. The summed E-state index contributed by atoms with van der Waals surface area (Å²) in [6.07, 6.45) is 0. The molecule has 0 spiro atoms. The topological polar surface area (TPSA) is 49.0 Å². The largest absolute Gasteiger partial charge is 0.309 e. The number of hydrogen-bond donors (Lipinski definition) is 1. The van der Waals surface area contributed by atoms with Crippen LogP contribution in [0, 0.1) is 13.8 Å². The highest BCUT2D eigenvalue weighted by Gasteiger charge is 2.18. The summed E-state index contributed by atoms with van der Waals surface area (Å²) in [7, 11) is 2.00. The minimum atomic E-state index is -0.0603. The number of nitrogens with zero attached hydrogens (tertiary/aromatic N) is 2. The van der Waals surface area contributed by atoms with Gasteiger partial charge < -0.3 is 4.98 Å². The third kappa shape index (κ3) is 3.11. The lowest BCUT2D eigenvalue weighted by atomic mass is 10.2. The van der Waals surface area contributed by atoms with Crippen LogP contribution in [0.25, 0.3) is 10.2 Å². The van der Waals surface area contributed by atoms with E-state index in [9.17, 15) is 4.79 Å². The molecule has 0 bridgehead atoms. The quantitative estimate of drug-likeness (QED) is 0.746. The number of aromatic amines is 1. The number of aromatic nitrogens is 2. The zero-order valence-electron chi connectivity index (χ0n) is 14.2. The minimum Gasteiger partial charge on any atom is -0.309 e. The zero-order valence-corrected chi connectivity index (χ0v) is 15.8. The maximum absolute atomic E-state index is 12.4. The lowest BCUT2D eigenvalue weighted by Crippen LogP contribution is -2.26. The molecule has 0 saturated carbocycles. The Bertz CT molecular complexity index is 947. The zero-order chi connectivity index (χ0) is 17.4. The van der Waals surface area contributed by atoms with Crippen LogP contribution in [0.1, 0.15) is 34.8 Å². The van der Waals surface area contributed by atoms with Gasteiger partial charge in [-0.1, -0.05) is 29.8 Å². The summed E-state index contributed by atoms with van der Waals surface area (Å²) in [5.41, 5.74) is 2.02. The van der Waals surface area contributed by atoms with Crippen LogP contribution >= 0.6 is 22.9 Å². The van der Waals surface area contributed by atoms with Gasteiger partial charge in [0.15, 0.2) is 0 Å². The Morgan fingerprint density at radius 3 is 2.75 bits per heavy atom. The first-order valence-corrected chi connectivity index (χ1v) is 9.01. The molecule has 0 unspecified atom stereocenters. The summed E-state index contributed by atoms with van der Waals surface area (Å²) >= 11 is 7.82. The van der Waals surface area contributed by atoms with E-state index in [1.54, 1.807) is 11.3 Å². The van der Waals surface area contributed by atoms with Gasteiger partial charge in [-0.3, -0.25) is 9.69 Å². The van der Waals surface area contributed by atoms with Crippen molar-refractivity contribution >= 4 is 33.2 Å². The molecule has 0 fully saturated rings. The van der Waals surface area contributed by atoms with Crippen LogP contribution in [0.3, 0.4) is 0 Å². The molecule has 2 heterocycles. The summed E-state index contributed by atoms with van der Waals surface area (Å²) in [6, 6.07) is 7.77. The van der Waals surface area contributed by atoms with Crippen molar-refractivity contribution in [1.29, 1.82) is 0 Å². The Labute approximate surface area is 150 Å². The Kier molecular flexibility index (Phi) is 4.76. The van der Waals surface area contributed by atoms with Crippen molar-refractivity contribution in [3.8, 4) is 0 Å². The van der Waals surface area contributed by atoms with Crippen LogP contribution < -0.4 is 5.56 Å². The van der Waals surface area contributed by atoms with Crippen LogP contribution in [0.4, 0.5) is 0 Å². The third-order valence-electron chi connectivity index (χ3n) is 4.49. The molecule has 3 aromatic rings. The number of halogens is 1. The molecule has 126 valence electrons. The van der Waals surface area contributed by atoms with Crippen molar-refractivity contribution in [2.24, 2.45) is 0 Å². The molecule has 2 aromatic heterocycles. The summed E-state index contributed by atoms with van der Waals surface area (Å²) in [6.45, 7) is 6.71. The van der Waals surface area contributed by atoms with Crippen LogP contribution in [-0.4, -0.2) is 21.9 Å². The van der Waals surface area contributed by atoms with Gasteiger partial charge in [0.1, 0.15) is 10.7 Å². The van der Waals surface area contributed by atoms with E-state index < -0.39 is 0 Å². The standard InChI is InChI=1S/C18H20ClN3OS/c1-10-12(3)24-18-15(10)17(23)20-16(21-18)11(2)22(4)9-13-7-5-6-8-14(13)19/h5-8,11H,9H2,1-4H3,(H,20,21,23)/t11-/m0/s1. The molecule has 1 aromatic carbocycles. The van der Waals surface area contributed by atoms with Gasteiger partial charge in [0.05, 0.1) is 11.4 Å². The number of aryl methyl sites for hydroxylation is 2. The fourth-order valence-corrected chi connectivity index (χ4v) is 3.94. The molecule has 3 rings (SSSR count). The lowest BCUT2D eigenvalue weighted by Gasteiger charge is -2.24. The van der Waals surface area contributed by atoms with Gasteiger partial charge >= 0.3 is 0 Å². The highest BCUT2D eigenvalue weighted by atomic mass is 35.5. The molecule has 6 heteroatoms. The van der Waals surface area contributed by atoms with Gasteiger partial charge in [0.25, 0.3) is 5.56 Å². The van der Waals surface area contributed by atoms with Crippen LogP contribution in [0.15, 0.2) is 29.1 Å². The molecule has 0 amide bonds. The highest BCUT2D eigenvalue weighted by molar-refractivity contribution is 7.18. The first-order chi connectivity index (χ1) is 11.4. The molecule has 0 aliphatic rings. The normalized spacial score (nSPS) is 12.9. The van der Waals surface area contributed by atoms with Gasteiger partial charge in [-0.2, -0.15) is 0 Å². The number of rotatable bonds is 4. The number of H-pyrrole nitrogens is 1. The van der Waals surface area contributed by atoms with Crippen molar-refractivity contribution < 1.29 is 0 Å². The first-order valence-electron chi connectivity index (χ1n) is 7.82. The van der Waals surface area contributed by atoms with Gasteiger partial charge in [-0.25, -0.2) is 4.98 Å². The predicted octanol–water partition coefficient (Wildman–Crippen LogP) is 4.45. The van der Waals surface area contributed by atoms with E-state index in [-0.39, 0.29) is 11.6 Å². The van der Waals surface area contributed by atoms with Gasteiger partial charge in [-0.05, 0) is 45.0 Å². The van der Waals surface area contributed by atoms with Crippen LogP contribution in [-0.2, 0) is 6.54 Å². The second kappa shape index (κ2) is 6.67. The second-order valence-corrected chi connectivity index (χ2v) is 7.71. The lowest BCUT2D eigenvalue weighted by molar-refractivity contribution is 0.244. The third-order valence-corrected chi connectivity index (χ3v) is 5.96. The van der Waals surface area contributed by atoms with Crippen molar-refractivity contribution in [2.45, 2.75) is 33.4 Å². The molecule has 1 atom stereocenters. The number of thiophene rings is 1. The molecular weight excluding hydrogens is 342 g/mol. The van der Waals surface area contributed by atoms with E-state index >= 15 is 0 Å². The van der Waals surface area contributed by atoms with Crippen molar-refractivity contribution in [3.63, 3.8) is 0 Å². The van der Waals surface area contributed by atoms with E-state index in [2.05, 4.69) is 9.88 Å². The fourth-order valence-electron chi connectivity index (χ4n) is 2.71. The molecule has 0 radical (unpaired) electrons. The summed E-state index contributed by atoms with van der Waals surface area (Å²) in [5, 5.41) is 1.46. The molecule has 24 heavy (non-hydrogen) atoms. The summed E-state index contributed by atoms with van der Waals surface area (Å²) in [5.74, 6) is 0.684. The Morgan fingerprint density at radius 1 is 1.33 bits per heavy atom. The van der Waals surface area contributed by atoms with Crippen molar-refractivity contribution in [1.82, 2.24) is 14.9 Å². The Balaban J connectivity index is 1.92. The van der Waals surface area contributed by atoms with Crippen LogP contribution in [0.5, 0.6) is 0 Å². The number of nitrogens with one attached hydrogen (secondary N) is 1. The van der Waals surface area contributed by atoms with Crippen molar-refractivity contribution in [2.75, 3.05) is 7.05 Å². The Morgan fingerprint density at radius 2 is 2.04 bits per heavy atom. The van der Waals surface area contributed by atoms with Gasteiger partial charge in [0.2, 0.25) is 0 Å². The van der Waals surface area contributed by atoms with E-state index in [4.69, 9.17) is 16.6 Å². The number of benzene rings is 1. The van der Waals surface area contributed by atoms with Gasteiger partial charge in [0, 0.05) is 16.4 Å². The number of hydrogen-bond acceptors (Lipinski definition) is 4. The molecular formula is C18H20ClN3OS. The number of fused-ring (bicyclic) bond motifs is 1. The molecule has 0 aliphatic heterocycles. The van der Waals surface area contributed by atoms with Crippen LogP contribution in [0.2, 0.25) is 5.02 Å². The summed E-state index contributed by atoms with van der Waals surface area (Å²) < 4.78 is 0. The fraction of sp³-hybridized carbons (Fsp3) is 0.333. The van der Waals surface area contributed by atoms with Gasteiger partial charge in [-0.15, -0.1) is 11.3 Å². The molecule has 4 nitrogen and oxygen atoms in total. The maximum Gasteiger partial charge on any atom is 0.259 e. The smallest absolute Gasteiger partial charge is 0.259 e. The Hall–Kier alpha value is -1.69. The summed E-state index contributed by atoms with van der Waals surface area (Å²) in [4.78, 5) is 24.2. The minimum absolute atomic E-state index is 0.0268. The second-order valence-electron chi connectivity index (χ2n) is 6.10. The highest BCUT2D eigenvalue weighted by Crippen LogP contribution is 2.28. The average molecular weight is 362 g/mol. The van der Waals surface area contributed by atoms with E-state index in [1.165, 1.54) is 0 Å². The van der Waals surface area contributed by atoms with E-state index in [1.807, 2.05) is 52.1 Å². The average Bonchev–Trinajstić information content (AvgIpc) is 2.83. The van der Waals surface area contributed by atoms with Crippen molar-refractivity contribution in [3.05, 3.63) is 61.5 Å². The molecule has 0 aliphatic carbocycles. The molecule has 1 N–H and O–H groups in total. The first kappa shape index (κ1) is 17.1. The monoisotopic (exact) mass is 361 g/mol. The molecule has 0 saturated heterocycles. The van der Waals surface area contributed by atoms with E-state index in [0.29, 0.717) is 17.8 Å². The van der Waals surface area contributed by atoms with E-state index in [0.717, 1.165) is 25.9 Å². The maximum atomic E-state index is 12.4.